The van der Waals surface area contributed by atoms with Crippen LogP contribution in [0.15, 0.2) is 24.3 Å². The quantitative estimate of drug-likeness (QED) is 0.726. The molecule has 4 heteroatoms. The first-order valence-electron chi connectivity index (χ1n) is 6.80. The molecular formula is C15H14FNO2. The smallest absolute Gasteiger partial charge is 0.237 e. The van der Waals surface area contributed by atoms with E-state index in [1.807, 2.05) is 0 Å². The summed E-state index contributed by atoms with van der Waals surface area (Å²) in [6, 6.07) is 5.60. The zero-order valence-corrected chi connectivity index (χ0v) is 10.4. The Morgan fingerprint density at radius 3 is 2.00 bits per heavy atom. The third-order valence-corrected chi connectivity index (χ3v) is 5.01. The first kappa shape index (κ1) is 11.1. The van der Waals surface area contributed by atoms with E-state index in [1.54, 1.807) is 0 Å². The van der Waals surface area contributed by atoms with Crippen molar-refractivity contribution < 1.29 is 14.0 Å². The van der Waals surface area contributed by atoms with Crippen LogP contribution in [-0.4, -0.2) is 11.8 Å². The summed E-state index contributed by atoms with van der Waals surface area (Å²) in [7, 11) is 0. The van der Waals surface area contributed by atoms with E-state index in [1.165, 1.54) is 29.2 Å². The summed E-state index contributed by atoms with van der Waals surface area (Å²) in [6.45, 7) is 0. The molecule has 4 atom stereocenters. The minimum atomic E-state index is -0.358. The van der Waals surface area contributed by atoms with E-state index in [-0.39, 0.29) is 29.5 Å². The first-order valence-corrected chi connectivity index (χ1v) is 6.80. The summed E-state index contributed by atoms with van der Waals surface area (Å²) < 4.78 is 12.9. The largest absolute Gasteiger partial charge is 0.274 e. The molecule has 0 unspecified atom stereocenters. The molecule has 2 bridgehead atoms. The van der Waals surface area contributed by atoms with Gasteiger partial charge in [-0.2, -0.15) is 0 Å². The number of imide groups is 1. The number of fused-ring (bicyclic) bond motifs is 5. The lowest BCUT2D eigenvalue weighted by molar-refractivity contribution is -0.123. The van der Waals surface area contributed by atoms with Crippen LogP contribution in [0.4, 0.5) is 10.1 Å². The number of rotatable bonds is 1. The van der Waals surface area contributed by atoms with Gasteiger partial charge >= 0.3 is 0 Å². The van der Waals surface area contributed by atoms with Gasteiger partial charge in [-0.3, -0.25) is 14.5 Å². The van der Waals surface area contributed by atoms with Crippen LogP contribution in [0.2, 0.25) is 0 Å². The van der Waals surface area contributed by atoms with E-state index in [0.29, 0.717) is 17.5 Å². The maximum absolute atomic E-state index is 12.9. The molecule has 1 aromatic carbocycles. The SMILES string of the molecule is O=C1[C@H]2[C@@H]3CC[C@@H](C3)[C@@H]2C(=O)N1c1ccc(F)cc1. The van der Waals surface area contributed by atoms with Gasteiger partial charge in [0.25, 0.3) is 0 Å². The highest BCUT2D eigenvalue weighted by molar-refractivity contribution is 6.22. The molecule has 1 saturated heterocycles. The maximum Gasteiger partial charge on any atom is 0.237 e. The van der Waals surface area contributed by atoms with Crippen molar-refractivity contribution in [1.82, 2.24) is 0 Å². The molecule has 2 aliphatic carbocycles. The minimum Gasteiger partial charge on any atom is -0.274 e. The molecule has 4 rings (SSSR count). The molecule has 0 spiro atoms. The summed E-state index contributed by atoms with van der Waals surface area (Å²) in [5.74, 6) is 0.0344. The average Bonchev–Trinajstić information content (AvgIpc) is 3.06. The summed E-state index contributed by atoms with van der Waals surface area (Å²) in [5, 5.41) is 0. The zero-order valence-electron chi connectivity index (χ0n) is 10.4. The molecule has 1 heterocycles. The van der Waals surface area contributed by atoms with Gasteiger partial charge in [0.05, 0.1) is 17.5 Å². The third-order valence-electron chi connectivity index (χ3n) is 5.01. The molecule has 2 saturated carbocycles. The van der Waals surface area contributed by atoms with Crippen molar-refractivity contribution >= 4 is 17.5 Å². The van der Waals surface area contributed by atoms with Crippen molar-refractivity contribution in [2.75, 3.05) is 4.90 Å². The second-order valence-electron chi connectivity index (χ2n) is 5.87. The van der Waals surface area contributed by atoms with Crippen LogP contribution in [0.1, 0.15) is 19.3 Å². The van der Waals surface area contributed by atoms with E-state index in [0.717, 1.165) is 19.3 Å². The lowest BCUT2D eigenvalue weighted by Crippen LogP contribution is -2.32. The number of carbonyl (C=O) groups is 2. The molecule has 0 N–H and O–H groups in total. The minimum absolute atomic E-state index is 0.0752. The fourth-order valence-corrected chi connectivity index (χ4v) is 4.25. The second kappa shape index (κ2) is 3.65. The van der Waals surface area contributed by atoms with E-state index in [9.17, 15) is 14.0 Å². The lowest BCUT2D eigenvalue weighted by atomic mass is 9.81. The van der Waals surface area contributed by atoms with Crippen molar-refractivity contribution in [3.05, 3.63) is 30.1 Å². The molecule has 0 radical (unpaired) electrons. The number of nitrogens with zero attached hydrogens (tertiary/aromatic N) is 1. The molecule has 1 aliphatic heterocycles. The molecule has 0 aromatic heterocycles. The van der Waals surface area contributed by atoms with Gasteiger partial charge in [-0.25, -0.2) is 4.39 Å². The Morgan fingerprint density at radius 2 is 1.47 bits per heavy atom. The van der Waals surface area contributed by atoms with E-state index in [4.69, 9.17) is 0 Å². The fourth-order valence-electron chi connectivity index (χ4n) is 4.25. The lowest BCUT2D eigenvalue weighted by Gasteiger charge is -2.19. The average molecular weight is 259 g/mol. The maximum atomic E-state index is 12.9. The van der Waals surface area contributed by atoms with Gasteiger partial charge in [0, 0.05) is 0 Å². The molecular weight excluding hydrogens is 245 g/mol. The number of amides is 2. The predicted octanol–water partition coefficient (Wildman–Crippen LogP) is 2.36. The molecule has 1 aromatic rings. The second-order valence-corrected chi connectivity index (χ2v) is 5.87. The van der Waals surface area contributed by atoms with E-state index >= 15 is 0 Å². The Kier molecular flexibility index (Phi) is 2.14. The number of carbonyl (C=O) groups excluding carboxylic acids is 2. The highest BCUT2D eigenvalue weighted by Gasteiger charge is 2.61. The van der Waals surface area contributed by atoms with Crippen LogP contribution in [0.3, 0.4) is 0 Å². The van der Waals surface area contributed by atoms with Crippen LogP contribution in [0.5, 0.6) is 0 Å². The Bertz CT molecular complexity index is 540. The monoisotopic (exact) mass is 259 g/mol. The molecule has 98 valence electrons. The highest BCUT2D eigenvalue weighted by atomic mass is 19.1. The van der Waals surface area contributed by atoms with Gasteiger partial charge in [0.15, 0.2) is 0 Å². The zero-order chi connectivity index (χ0) is 13.1. The van der Waals surface area contributed by atoms with E-state index < -0.39 is 0 Å². The van der Waals surface area contributed by atoms with Gasteiger partial charge in [-0.05, 0) is 55.4 Å². The third kappa shape index (κ3) is 1.37. The van der Waals surface area contributed by atoms with Crippen molar-refractivity contribution in [3.8, 4) is 0 Å². The van der Waals surface area contributed by atoms with Crippen LogP contribution >= 0.6 is 0 Å². The fraction of sp³-hybridized carbons (Fsp3) is 0.467. The van der Waals surface area contributed by atoms with Crippen LogP contribution in [0.25, 0.3) is 0 Å². The molecule has 19 heavy (non-hydrogen) atoms. The Balaban J connectivity index is 1.73. The Labute approximate surface area is 110 Å². The van der Waals surface area contributed by atoms with Gasteiger partial charge in [-0.1, -0.05) is 0 Å². The Morgan fingerprint density at radius 1 is 0.947 bits per heavy atom. The molecule has 3 fully saturated rings. The topological polar surface area (TPSA) is 37.4 Å². The van der Waals surface area contributed by atoms with E-state index in [2.05, 4.69) is 0 Å². The summed E-state index contributed by atoms with van der Waals surface area (Å²) in [4.78, 5) is 26.2. The summed E-state index contributed by atoms with van der Waals surface area (Å²) in [6.07, 6.45) is 3.17. The number of hydrogen-bond donors (Lipinski definition) is 0. The van der Waals surface area contributed by atoms with Crippen molar-refractivity contribution in [2.24, 2.45) is 23.7 Å². The van der Waals surface area contributed by atoms with Gasteiger partial charge in [0.1, 0.15) is 5.82 Å². The van der Waals surface area contributed by atoms with Gasteiger partial charge in [0.2, 0.25) is 11.8 Å². The molecule has 2 amide bonds. The Hall–Kier alpha value is -1.71. The number of halogens is 1. The van der Waals surface area contributed by atoms with Crippen molar-refractivity contribution in [2.45, 2.75) is 19.3 Å². The summed E-state index contributed by atoms with van der Waals surface area (Å²) in [5.41, 5.74) is 0.505. The van der Waals surface area contributed by atoms with Crippen LogP contribution < -0.4 is 4.90 Å². The number of hydrogen-bond acceptors (Lipinski definition) is 2. The normalized spacial score (nSPS) is 36.2. The van der Waals surface area contributed by atoms with Crippen molar-refractivity contribution in [3.63, 3.8) is 0 Å². The first-order chi connectivity index (χ1) is 9.16. The summed E-state index contributed by atoms with van der Waals surface area (Å²) >= 11 is 0. The standard InChI is InChI=1S/C15H14FNO2/c16-10-3-5-11(6-4-10)17-14(18)12-8-1-2-9(7-8)13(12)15(17)19/h3-6,8-9,12-13H,1-2,7H2/t8-,9+,12-,13-/m0/s1. The molecule has 3 nitrogen and oxygen atoms in total. The van der Waals surface area contributed by atoms with Crippen LogP contribution in [-0.2, 0) is 9.59 Å². The molecule has 3 aliphatic rings. The van der Waals surface area contributed by atoms with Gasteiger partial charge in [-0.15, -0.1) is 0 Å². The van der Waals surface area contributed by atoms with Crippen molar-refractivity contribution in [1.29, 1.82) is 0 Å². The van der Waals surface area contributed by atoms with Gasteiger partial charge < -0.3 is 0 Å². The highest BCUT2D eigenvalue weighted by Crippen LogP contribution is 2.56. The number of anilines is 1. The van der Waals surface area contributed by atoms with Crippen LogP contribution in [0, 0.1) is 29.5 Å². The predicted molar refractivity (Wildman–Crippen MR) is 66.7 cm³/mol. The number of benzene rings is 1.